The van der Waals surface area contributed by atoms with Gasteiger partial charge in [0.25, 0.3) is 0 Å². The number of rotatable bonds is 1. The van der Waals surface area contributed by atoms with Crippen molar-refractivity contribution in [1.82, 2.24) is 0 Å². The quantitative estimate of drug-likeness (QED) is 0.760. The standard InChI is InChI=1S/C12H7Cl2F2N/c13-6-1-2-9(14)7(3-6)8-4-11(16)12(17)5-10(8)15/h1-5H,17H2. The molecule has 0 aromatic heterocycles. The zero-order valence-corrected chi connectivity index (χ0v) is 9.99. The van der Waals surface area contributed by atoms with Gasteiger partial charge in [0.2, 0.25) is 0 Å². The third kappa shape index (κ3) is 2.35. The fourth-order valence-electron chi connectivity index (χ4n) is 1.47. The van der Waals surface area contributed by atoms with Gasteiger partial charge in [-0.1, -0.05) is 23.2 Å². The van der Waals surface area contributed by atoms with Crippen LogP contribution in [0.15, 0.2) is 30.3 Å². The zero-order chi connectivity index (χ0) is 12.6. The lowest BCUT2D eigenvalue weighted by molar-refractivity contribution is 0.607. The van der Waals surface area contributed by atoms with Crippen molar-refractivity contribution in [3.8, 4) is 11.1 Å². The second-order valence-electron chi connectivity index (χ2n) is 3.48. The molecule has 2 N–H and O–H groups in total. The van der Waals surface area contributed by atoms with E-state index < -0.39 is 11.6 Å². The molecule has 0 radical (unpaired) electrons. The maximum absolute atomic E-state index is 13.7. The SMILES string of the molecule is Nc1cc(F)c(-c2cc(Cl)ccc2Cl)cc1F. The predicted molar refractivity (Wildman–Crippen MR) is 66.2 cm³/mol. The third-order valence-electron chi connectivity index (χ3n) is 2.30. The lowest BCUT2D eigenvalue weighted by Crippen LogP contribution is -1.95. The summed E-state index contributed by atoms with van der Waals surface area (Å²) < 4.78 is 27.0. The molecule has 0 heterocycles. The molecular weight excluding hydrogens is 267 g/mol. The van der Waals surface area contributed by atoms with Crippen LogP contribution in [0.5, 0.6) is 0 Å². The van der Waals surface area contributed by atoms with Crippen LogP contribution < -0.4 is 5.73 Å². The molecule has 0 saturated heterocycles. The first-order valence-corrected chi connectivity index (χ1v) is 5.44. The Balaban J connectivity index is 2.68. The van der Waals surface area contributed by atoms with Crippen LogP contribution in [0, 0.1) is 11.6 Å². The maximum atomic E-state index is 13.7. The van der Waals surface area contributed by atoms with Crippen LogP contribution in [0.1, 0.15) is 0 Å². The Labute approximate surface area is 107 Å². The van der Waals surface area contributed by atoms with E-state index in [9.17, 15) is 8.78 Å². The van der Waals surface area contributed by atoms with E-state index in [0.717, 1.165) is 12.1 Å². The summed E-state index contributed by atoms with van der Waals surface area (Å²) >= 11 is 11.7. The van der Waals surface area contributed by atoms with E-state index in [-0.39, 0.29) is 16.3 Å². The summed E-state index contributed by atoms with van der Waals surface area (Å²) in [6, 6.07) is 6.48. The van der Waals surface area contributed by atoms with Crippen molar-refractivity contribution < 1.29 is 8.78 Å². The first-order chi connectivity index (χ1) is 7.99. The van der Waals surface area contributed by atoms with Crippen LogP contribution in [-0.2, 0) is 0 Å². The van der Waals surface area contributed by atoms with Crippen molar-refractivity contribution in [2.45, 2.75) is 0 Å². The van der Waals surface area contributed by atoms with Gasteiger partial charge < -0.3 is 5.73 Å². The van der Waals surface area contributed by atoms with Crippen LogP contribution >= 0.6 is 23.2 Å². The van der Waals surface area contributed by atoms with Gasteiger partial charge in [-0.25, -0.2) is 8.78 Å². The molecule has 0 unspecified atom stereocenters. The summed E-state index contributed by atoms with van der Waals surface area (Å²) in [4.78, 5) is 0. The summed E-state index contributed by atoms with van der Waals surface area (Å²) in [6.45, 7) is 0. The fraction of sp³-hybridized carbons (Fsp3) is 0. The Morgan fingerprint density at radius 3 is 2.29 bits per heavy atom. The van der Waals surface area contributed by atoms with Gasteiger partial charge in [0.05, 0.1) is 5.69 Å². The molecule has 0 amide bonds. The molecule has 0 saturated carbocycles. The van der Waals surface area contributed by atoms with E-state index in [2.05, 4.69) is 0 Å². The van der Waals surface area contributed by atoms with Crippen LogP contribution in [-0.4, -0.2) is 0 Å². The minimum absolute atomic E-state index is 0.0317. The van der Waals surface area contributed by atoms with Crippen molar-refractivity contribution in [3.05, 3.63) is 52.0 Å². The number of nitrogens with two attached hydrogens (primary N) is 1. The van der Waals surface area contributed by atoms with Gasteiger partial charge in [-0.15, -0.1) is 0 Å². The normalized spacial score (nSPS) is 10.6. The van der Waals surface area contributed by atoms with Crippen molar-refractivity contribution in [1.29, 1.82) is 0 Å². The Kier molecular flexibility index (Phi) is 3.22. The van der Waals surface area contributed by atoms with Crippen LogP contribution in [0.25, 0.3) is 11.1 Å². The molecule has 2 rings (SSSR count). The summed E-state index contributed by atoms with van der Waals surface area (Å²) in [7, 11) is 0. The van der Waals surface area contributed by atoms with Crippen LogP contribution in [0.3, 0.4) is 0 Å². The minimum atomic E-state index is -0.697. The van der Waals surface area contributed by atoms with Gasteiger partial charge >= 0.3 is 0 Å². The molecule has 0 aliphatic heterocycles. The Bertz CT molecular complexity index is 585. The summed E-state index contributed by atoms with van der Waals surface area (Å²) in [5.41, 5.74) is 5.38. The summed E-state index contributed by atoms with van der Waals surface area (Å²) in [6.07, 6.45) is 0. The number of anilines is 1. The van der Waals surface area contributed by atoms with Crippen LogP contribution in [0.4, 0.5) is 14.5 Å². The second-order valence-corrected chi connectivity index (χ2v) is 4.32. The van der Waals surface area contributed by atoms with Gasteiger partial charge in [0.15, 0.2) is 0 Å². The zero-order valence-electron chi connectivity index (χ0n) is 8.48. The molecule has 0 bridgehead atoms. The van der Waals surface area contributed by atoms with Gasteiger partial charge in [0, 0.05) is 27.2 Å². The molecular formula is C12H7Cl2F2N. The van der Waals surface area contributed by atoms with Crippen LogP contribution in [0.2, 0.25) is 10.0 Å². The largest absolute Gasteiger partial charge is 0.396 e. The number of hydrogen-bond acceptors (Lipinski definition) is 1. The van der Waals surface area contributed by atoms with E-state index in [1.807, 2.05) is 0 Å². The topological polar surface area (TPSA) is 26.0 Å². The second kappa shape index (κ2) is 4.51. The van der Waals surface area contributed by atoms with Gasteiger partial charge in [0.1, 0.15) is 11.6 Å². The van der Waals surface area contributed by atoms with Gasteiger partial charge in [-0.05, 0) is 24.3 Å². The molecule has 0 aliphatic rings. The average molecular weight is 274 g/mol. The highest BCUT2D eigenvalue weighted by Crippen LogP contribution is 2.33. The number of nitrogen functional groups attached to an aromatic ring is 1. The Morgan fingerprint density at radius 2 is 1.59 bits per heavy atom. The van der Waals surface area contributed by atoms with Crippen molar-refractivity contribution in [2.24, 2.45) is 0 Å². The van der Waals surface area contributed by atoms with Crippen molar-refractivity contribution in [3.63, 3.8) is 0 Å². The lowest BCUT2D eigenvalue weighted by Gasteiger charge is -2.08. The molecule has 5 heteroatoms. The molecule has 17 heavy (non-hydrogen) atoms. The molecule has 88 valence electrons. The first-order valence-electron chi connectivity index (χ1n) is 4.69. The molecule has 2 aromatic rings. The van der Waals surface area contributed by atoms with Gasteiger partial charge in [-0.3, -0.25) is 0 Å². The molecule has 0 fully saturated rings. The molecule has 0 spiro atoms. The molecule has 1 nitrogen and oxygen atoms in total. The molecule has 0 atom stereocenters. The third-order valence-corrected chi connectivity index (χ3v) is 2.87. The van der Waals surface area contributed by atoms with E-state index in [1.165, 1.54) is 12.1 Å². The predicted octanol–water partition coefficient (Wildman–Crippen LogP) is 4.52. The Hall–Kier alpha value is -1.32. The smallest absolute Gasteiger partial charge is 0.146 e. The highest BCUT2D eigenvalue weighted by atomic mass is 35.5. The highest BCUT2D eigenvalue weighted by molar-refractivity contribution is 6.35. The van der Waals surface area contributed by atoms with E-state index in [4.69, 9.17) is 28.9 Å². The summed E-state index contributed by atoms with van der Waals surface area (Å²) in [5.74, 6) is -1.34. The van der Waals surface area contributed by atoms with E-state index >= 15 is 0 Å². The number of halogens is 4. The van der Waals surface area contributed by atoms with E-state index in [0.29, 0.717) is 10.6 Å². The fourth-order valence-corrected chi connectivity index (χ4v) is 1.86. The number of benzene rings is 2. The molecule has 2 aromatic carbocycles. The number of hydrogen-bond donors (Lipinski definition) is 1. The van der Waals surface area contributed by atoms with Gasteiger partial charge in [-0.2, -0.15) is 0 Å². The first kappa shape index (κ1) is 12.1. The lowest BCUT2D eigenvalue weighted by atomic mass is 10.0. The average Bonchev–Trinajstić information content (AvgIpc) is 2.27. The summed E-state index contributed by atoms with van der Waals surface area (Å²) in [5, 5.41) is 0.679. The maximum Gasteiger partial charge on any atom is 0.146 e. The minimum Gasteiger partial charge on any atom is -0.396 e. The van der Waals surface area contributed by atoms with Crippen molar-refractivity contribution in [2.75, 3.05) is 5.73 Å². The highest BCUT2D eigenvalue weighted by Gasteiger charge is 2.13. The molecule has 0 aliphatic carbocycles. The van der Waals surface area contributed by atoms with E-state index in [1.54, 1.807) is 6.07 Å². The van der Waals surface area contributed by atoms with Crippen molar-refractivity contribution >= 4 is 28.9 Å². The monoisotopic (exact) mass is 273 g/mol. The Morgan fingerprint density at radius 1 is 0.882 bits per heavy atom.